The summed E-state index contributed by atoms with van der Waals surface area (Å²) in [5.41, 5.74) is 2.12. The summed E-state index contributed by atoms with van der Waals surface area (Å²) in [4.78, 5) is 21.2. The lowest BCUT2D eigenvalue weighted by atomic mass is 9.72. The number of ether oxygens (including phenoxy) is 1. The molecule has 2 aliphatic rings. The van der Waals surface area contributed by atoms with Crippen LogP contribution < -0.4 is 4.74 Å². The van der Waals surface area contributed by atoms with Crippen molar-refractivity contribution in [3.63, 3.8) is 0 Å². The second-order valence-corrected chi connectivity index (χ2v) is 8.96. The molecule has 29 heavy (non-hydrogen) atoms. The van der Waals surface area contributed by atoms with Crippen LogP contribution in [0.5, 0.6) is 5.75 Å². The molecule has 0 saturated carbocycles. The number of aromatic nitrogens is 1. The Labute approximate surface area is 173 Å². The zero-order valence-electron chi connectivity index (χ0n) is 17.5. The third-order valence-corrected chi connectivity index (χ3v) is 6.08. The zero-order valence-corrected chi connectivity index (χ0v) is 17.5. The fourth-order valence-electron chi connectivity index (χ4n) is 4.33. The van der Waals surface area contributed by atoms with Gasteiger partial charge in [0.15, 0.2) is 0 Å². The number of carbonyl (C=O) groups is 1. The van der Waals surface area contributed by atoms with Gasteiger partial charge in [-0.05, 0) is 50.0 Å². The van der Waals surface area contributed by atoms with Gasteiger partial charge in [-0.2, -0.15) is 0 Å². The number of rotatable bonds is 6. The maximum absolute atomic E-state index is 12.5. The molecule has 0 N–H and O–H groups in total. The molecule has 5 nitrogen and oxygen atoms in total. The van der Waals surface area contributed by atoms with Gasteiger partial charge in [0.25, 0.3) is 5.91 Å². The van der Waals surface area contributed by atoms with Crippen LogP contribution in [0, 0.1) is 11.3 Å². The van der Waals surface area contributed by atoms with Crippen LogP contribution in [0.4, 0.5) is 0 Å². The highest BCUT2D eigenvalue weighted by Gasteiger charge is 2.46. The van der Waals surface area contributed by atoms with Crippen LogP contribution in [0.3, 0.4) is 0 Å². The van der Waals surface area contributed by atoms with Crippen LogP contribution in [0.25, 0.3) is 0 Å². The highest BCUT2D eigenvalue weighted by molar-refractivity contribution is 5.92. The fraction of sp³-hybridized carbons (Fsp3) is 0.500. The average Bonchev–Trinajstić information content (AvgIpc) is 2.72. The maximum Gasteiger partial charge on any atom is 0.272 e. The van der Waals surface area contributed by atoms with Gasteiger partial charge in [0.2, 0.25) is 0 Å². The summed E-state index contributed by atoms with van der Waals surface area (Å²) in [6.07, 6.45) is 3.98. The van der Waals surface area contributed by atoms with E-state index in [0.717, 1.165) is 57.9 Å². The van der Waals surface area contributed by atoms with Gasteiger partial charge in [0.1, 0.15) is 11.4 Å². The van der Waals surface area contributed by atoms with Crippen molar-refractivity contribution in [2.24, 2.45) is 11.3 Å². The molecule has 1 spiro atoms. The molecule has 3 heterocycles. The lowest BCUT2D eigenvalue weighted by Gasteiger charge is -2.54. The lowest BCUT2D eigenvalue weighted by molar-refractivity contribution is -0.0340. The van der Waals surface area contributed by atoms with Crippen LogP contribution >= 0.6 is 0 Å². The summed E-state index contributed by atoms with van der Waals surface area (Å²) < 4.78 is 6.02. The van der Waals surface area contributed by atoms with Gasteiger partial charge in [0.05, 0.1) is 6.61 Å². The van der Waals surface area contributed by atoms with Crippen molar-refractivity contribution in [2.45, 2.75) is 33.2 Å². The molecular weight excluding hydrogens is 362 g/mol. The van der Waals surface area contributed by atoms with E-state index in [1.54, 1.807) is 12.3 Å². The van der Waals surface area contributed by atoms with E-state index in [2.05, 4.69) is 41.9 Å². The molecule has 0 aliphatic carbocycles. The monoisotopic (exact) mass is 393 g/mol. The predicted octanol–water partition coefficient (Wildman–Crippen LogP) is 3.85. The first kappa shape index (κ1) is 19.9. The molecule has 0 unspecified atom stereocenters. The third kappa shape index (κ3) is 4.61. The molecule has 1 amide bonds. The predicted molar refractivity (Wildman–Crippen MR) is 114 cm³/mol. The van der Waals surface area contributed by atoms with E-state index in [1.807, 2.05) is 23.1 Å². The zero-order chi connectivity index (χ0) is 20.3. The molecule has 0 radical (unpaired) electrons. The van der Waals surface area contributed by atoms with Crippen LogP contribution in [-0.4, -0.2) is 53.5 Å². The summed E-state index contributed by atoms with van der Waals surface area (Å²) in [7, 11) is 0. The highest BCUT2D eigenvalue weighted by atomic mass is 16.5. The minimum atomic E-state index is 0.0647. The Bertz CT molecular complexity index is 821. The Morgan fingerprint density at radius 1 is 1.10 bits per heavy atom. The molecule has 2 saturated heterocycles. The number of hydrogen-bond donors (Lipinski definition) is 0. The number of hydrogen-bond acceptors (Lipinski definition) is 4. The van der Waals surface area contributed by atoms with E-state index < -0.39 is 0 Å². The van der Waals surface area contributed by atoms with Gasteiger partial charge in [-0.15, -0.1) is 0 Å². The Hall–Kier alpha value is -2.40. The van der Waals surface area contributed by atoms with Crippen molar-refractivity contribution in [2.75, 3.05) is 32.8 Å². The molecule has 154 valence electrons. The largest absolute Gasteiger partial charge is 0.493 e. The lowest BCUT2D eigenvalue weighted by Crippen LogP contribution is -2.61. The molecule has 1 aromatic carbocycles. The minimum absolute atomic E-state index is 0.0647. The molecule has 4 rings (SSSR count). The van der Waals surface area contributed by atoms with E-state index in [-0.39, 0.29) is 5.91 Å². The number of nitrogens with zero attached hydrogens (tertiary/aromatic N) is 3. The van der Waals surface area contributed by atoms with E-state index in [0.29, 0.717) is 17.0 Å². The quantitative estimate of drug-likeness (QED) is 0.748. The SMILES string of the molecule is CC(C)COc1ccccc1CN1CCC2(CC1)CN(C(=O)c1ccccn1)C2. The molecule has 0 atom stereocenters. The summed E-state index contributed by atoms with van der Waals surface area (Å²) in [6, 6.07) is 13.9. The number of benzene rings is 1. The van der Waals surface area contributed by atoms with Crippen molar-refractivity contribution in [1.29, 1.82) is 0 Å². The van der Waals surface area contributed by atoms with E-state index >= 15 is 0 Å². The maximum atomic E-state index is 12.5. The second kappa shape index (κ2) is 8.54. The van der Waals surface area contributed by atoms with Crippen molar-refractivity contribution < 1.29 is 9.53 Å². The molecular formula is C24H31N3O2. The van der Waals surface area contributed by atoms with E-state index in [4.69, 9.17) is 4.74 Å². The molecule has 2 fully saturated rings. The van der Waals surface area contributed by atoms with Gasteiger partial charge in [-0.1, -0.05) is 38.1 Å². The van der Waals surface area contributed by atoms with Gasteiger partial charge in [-0.25, -0.2) is 0 Å². The molecule has 0 bridgehead atoms. The fourth-order valence-corrected chi connectivity index (χ4v) is 4.33. The van der Waals surface area contributed by atoms with Gasteiger partial charge < -0.3 is 9.64 Å². The smallest absolute Gasteiger partial charge is 0.272 e. The van der Waals surface area contributed by atoms with Gasteiger partial charge in [0, 0.05) is 36.8 Å². The summed E-state index contributed by atoms with van der Waals surface area (Å²) in [5, 5.41) is 0. The van der Waals surface area contributed by atoms with Crippen LogP contribution in [0.1, 0.15) is 42.7 Å². The summed E-state index contributed by atoms with van der Waals surface area (Å²) >= 11 is 0. The first-order valence-corrected chi connectivity index (χ1v) is 10.7. The van der Waals surface area contributed by atoms with E-state index in [1.165, 1.54) is 5.56 Å². The third-order valence-electron chi connectivity index (χ3n) is 6.08. The Morgan fingerprint density at radius 2 is 1.83 bits per heavy atom. The first-order chi connectivity index (χ1) is 14.0. The topological polar surface area (TPSA) is 45.7 Å². The van der Waals surface area contributed by atoms with Gasteiger partial charge >= 0.3 is 0 Å². The Kier molecular flexibility index (Phi) is 5.86. The molecule has 2 aromatic rings. The van der Waals surface area contributed by atoms with Crippen LogP contribution in [0.15, 0.2) is 48.7 Å². The van der Waals surface area contributed by atoms with Crippen molar-refractivity contribution in [3.05, 3.63) is 59.9 Å². The standard InChI is InChI=1S/C24H31N3O2/c1-19(2)16-29-22-9-4-3-7-20(22)15-26-13-10-24(11-14-26)17-27(18-24)23(28)21-8-5-6-12-25-21/h3-9,12,19H,10-11,13-18H2,1-2H3. The number of pyridine rings is 1. The Morgan fingerprint density at radius 3 is 2.52 bits per heavy atom. The van der Waals surface area contributed by atoms with Gasteiger partial charge in [-0.3, -0.25) is 14.7 Å². The number of likely N-dealkylation sites (tertiary alicyclic amines) is 2. The van der Waals surface area contributed by atoms with Crippen molar-refractivity contribution in [1.82, 2.24) is 14.8 Å². The van der Waals surface area contributed by atoms with Crippen LogP contribution in [-0.2, 0) is 6.54 Å². The minimum Gasteiger partial charge on any atom is -0.493 e. The average molecular weight is 394 g/mol. The van der Waals surface area contributed by atoms with Crippen LogP contribution in [0.2, 0.25) is 0 Å². The second-order valence-electron chi connectivity index (χ2n) is 8.96. The molecule has 2 aliphatic heterocycles. The van der Waals surface area contributed by atoms with Crippen molar-refractivity contribution in [3.8, 4) is 5.75 Å². The first-order valence-electron chi connectivity index (χ1n) is 10.7. The number of piperidine rings is 1. The van der Waals surface area contributed by atoms with Crippen molar-refractivity contribution >= 4 is 5.91 Å². The molecule has 5 heteroatoms. The normalized spacial score (nSPS) is 18.7. The summed E-state index contributed by atoms with van der Waals surface area (Å²) in [5.74, 6) is 1.60. The Balaban J connectivity index is 1.28. The van der Waals surface area contributed by atoms with E-state index in [9.17, 15) is 4.79 Å². The number of carbonyl (C=O) groups excluding carboxylic acids is 1. The highest BCUT2D eigenvalue weighted by Crippen LogP contribution is 2.41. The number of amides is 1. The summed E-state index contributed by atoms with van der Waals surface area (Å²) in [6.45, 7) is 9.91. The molecule has 1 aromatic heterocycles. The number of para-hydroxylation sites is 1.